The van der Waals surface area contributed by atoms with Crippen LogP contribution in [0.15, 0.2) is 30.5 Å². The fraction of sp³-hybridized carbons (Fsp3) is 0.182. The molecule has 4 N–H and O–H groups in total. The molecule has 4 heteroatoms. The molecule has 0 saturated heterocycles. The predicted octanol–water partition coefficient (Wildman–Crippen LogP) is 0.709. The third kappa shape index (κ3) is 2.12. The molecule has 0 aliphatic carbocycles. The molecule has 0 saturated carbocycles. The van der Waals surface area contributed by atoms with Crippen molar-refractivity contribution in [3.63, 3.8) is 0 Å². The van der Waals surface area contributed by atoms with Crippen molar-refractivity contribution < 1.29 is 5.11 Å². The van der Waals surface area contributed by atoms with E-state index in [1.54, 1.807) is 0 Å². The summed E-state index contributed by atoms with van der Waals surface area (Å²) in [6.45, 7) is 0. The van der Waals surface area contributed by atoms with Crippen LogP contribution in [0, 0.1) is 0 Å². The van der Waals surface area contributed by atoms with Gasteiger partial charge in [0, 0.05) is 0 Å². The number of nitrogens with two attached hydrogens (primary N) is 1. The summed E-state index contributed by atoms with van der Waals surface area (Å²) >= 11 is 2.54. The van der Waals surface area contributed by atoms with Crippen LogP contribution in [0.5, 0.6) is 0 Å². The Kier molecular flexibility index (Phi) is 2.91. The van der Waals surface area contributed by atoms with Gasteiger partial charge in [-0.1, -0.05) is 0 Å². The number of hydrogen-bond donors (Lipinski definition) is 3. The molecule has 3 nitrogen and oxygen atoms in total. The monoisotopic (exact) mass is 268 g/mol. The number of aliphatic hydroxyl groups excluding tert-OH is 1. The second-order valence-electron chi connectivity index (χ2n) is 3.51. The van der Waals surface area contributed by atoms with Crippen molar-refractivity contribution in [2.24, 2.45) is 5.73 Å². The molecule has 1 atom stereocenters. The van der Waals surface area contributed by atoms with Crippen molar-refractivity contribution in [2.75, 3.05) is 0 Å². The van der Waals surface area contributed by atoms with E-state index in [-0.39, 0.29) is 10.6 Å². The zero-order valence-corrected chi connectivity index (χ0v) is 9.82. The number of para-hydroxylation sites is 1. The van der Waals surface area contributed by atoms with Crippen LogP contribution in [0.4, 0.5) is 0 Å². The van der Waals surface area contributed by atoms with Gasteiger partial charge in [-0.2, -0.15) is 0 Å². The summed E-state index contributed by atoms with van der Waals surface area (Å²) in [6.07, 6.45) is 2.57. The summed E-state index contributed by atoms with van der Waals surface area (Å²) in [7, 11) is 0. The van der Waals surface area contributed by atoms with E-state index in [0.29, 0.717) is 6.42 Å². The molecule has 0 amide bonds. The van der Waals surface area contributed by atoms with Crippen molar-refractivity contribution in [2.45, 2.75) is 12.5 Å². The van der Waals surface area contributed by atoms with Crippen LogP contribution < -0.4 is 5.73 Å². The van der Waals surface area contributed by atoms with Crippen LogP contribution in [0.2, 0.25) is 0 Å². The topological polar surface area (TPSA) is 62.0 Å². The van der Waals surface area contributed by atoms with Gasteiger partial charge >= 0.3 is 95.4 Å². The first-order valence-corrected chi connectivity index (χ1v) is 5.57. The molecule has 1 heterocycles. The molecule has 15 heavy (non-hydrogen) atoms. The summed E-state index contributed by atoms with van der Waals surface area (Å²) in [5, 5.41) is 10.4. The number of rotatable bonds is 3. The summed E-state index contributed by atoms with van der Waals surface area (Å²) in [5.74, 6) is 0. The summed E-state index contributed by atoms with van der Waals surface area (Å²) < 4.78 is 0.153. The second kappa shape index (κ2) is 4.19. The molecule has 0 unspecified atom stereocenters. The molecule has 1 aromatic heterocycles. The molecule has 0 aliphatic heterocycles. The molecule has 1 aromatic carbocycles. The van der Waals surface area contributed by atoms with Gasteiger partial charge < -0.3 is 0 Å². The molecule has 0 aliphatic rings. The average molecular weight is 267 g/mol. The van der Waals surface area contributed by atoms with Crippen LogP contribution in [-0.4, -0.2) is 36.3 Å². The number of benzene rings is 1. The Balaban J connectivity index is 2.32. The van der Waals surface area contributed by atoms with Crippen LogP contribution in [0.1, 0.15) is 5.56 Å². The van der Waals surface area contributed by atoms with Gasteiger partial charge in [-0.25, -0.2) is 0 Å². The average Bonchev–Trinajstić information content (AvgIpc) is 2.62. The first kappa shape index (κ1) is 10.4. The van der Waals surface area contributed by atoms with Crippen molar-refractivity contribution >= 4 is 31.1 Å². The van der Waals surface area contributed by atoms with E-state index in [2.05, 4.69) is 20.6 Å². The summed E-state index contributed by atoms with van der Waals surface area (Å²) in [4.78, 5) is 3.18. The van der Waals surface area contributed by atoms with E-state index < -0.39 is 0 Å². The van der Waals surface area contributed by atoms with E-state index >= 15 is 0 Å². The van der Waals surface area contributed by atoms with E-state index in [1.807, 2.05) is 30.5 Å². The molecular formula is C11H12N2OSe. The predicted molar refractivity (Wildman–Crippen MR) is 62.7 cm³/mol. The van der Waals surface area contributed by atoms with Gasteiger partial charge in [0.25, 0.3) is 0 Å². The maximum absolute atomic E-state index is 9.22. The van der Waals surface area contributed by atoms with Gasteiger partial charge in [-0.05, 0) is 0 Å². The van der Waals surface area contributed by atoms with Gasteiger partial charge in [-0.3, -0.25) is 0 Å². The van der Waals surface area contributed by atoms with Crippen molar-refractivity contribution in [1.82, 2.24) is 4.98 Å². The van der Waals surface area contributed by atoms with Gasteiger partial charge in [0.15, 0.2) is 0 Å². The summed E-state index contributed by atoms with van der Waals surface area (Å²) in [6, 6.07) is 7.70. The number of nitrogens with one attached hydrogen (secondary N) is 1. The fourth-order valence-corrected chi connectivity index (χ4v) is 1.80. The first-order chi connectivity index (χ1) is 7.18. The molecule has 2 aromatic rings. The van der Waals surface area contributed by atoms with Crippen molar-refractivity contribution in [3.05, 3.63) is 36.0 Å². The Hall–Kier alpha value is -1.09. The van der Waals surface area contributed by atoms with Gasteiger partial charge in [-0.15, -0.1) is 0 Å². The quantitative estimate of drug-likeness (QED) is 0.717. The number of aromatic amines is 1. The summed E-state index contributed by atoms with van der Waals surface area (Å²) in [5.41, 5.74) is 7.99. The molecule has 0 spiro atoms. The molecule has 2 rings (SSSR count). The minimum absolute atomic E-state index is 0.153. The van der Waals surface area contributed by atoms with E-state index in [0.717, 1.165) is 16.5 Å². The Morgan fingerprint density at radius 2 is 2.20 bits per heavy atom. The van der Waals surface area contributed by atoms with E-state index in [9.17, 15) is 5.11 Å². The zero-order valence-electron chi connectivity index (χ0n) is 8.10. The third-order valence-corrected chi connectivity index (χ3v) is 3.07. The fourth-order valence-electron chi connectivity index (χ4n) is 1.62. The Bertz CT molecular complexity index is 492. The number of H-pyrrole nitrogens is 1. The van der Waals surface area contributed by atoms with E-state index in [4.69, 9.17) is 5.73 Å². The minimum atomic E-state index is -0.343. The molecule has 78 valence electrons. The van der Waals surface area contributed by atoms with Crippen LogP contribution in [0.3, 0.4) is 0 Å². The first-order valence-electron chi connectivity index (χ1n) is 4.72. The Morgan fingerprint density at radius 1 is 1.47 bits per heavy atom. The van der Waals surface area contributed by atoms with E-state index in [1.165, 1.54) is 0 Å². The second-order valence-corrected chi connectivity index (χ2v) is 4.39. The number of fused-ring (bicyclic) bond motifs is 1. The normalized spacial score (nSPS) is 12.9. The van der Waals surface area contributed by atoms with Gasteiger partial charge in [0.05, 0.1) is 0 Å². The standard InChI is InChI=1S/C11H12N2OSe/c12-9(11(14)15)5-7-6-13-10-4-2-1-3-8(7)10/h1-4,6,9,13H,5,12H2,(H,14,15)/t9-/m0/s1. The van der Waals surface area contributed by atoms with Crippen molar-refractivity contribution in [1.29, 1.82) is 0 Å². The number of aliphatic hydroxyl groups is 1. The zero-order chi connectivity index (χ0) is 10.8. The van der Waals surface area contributed by atoms with Crippen LogP contribution in [-0.2, 0) is 6.42 Å². The Morgan fingerprint density at radius 3 is 2.93 bits per heavy atom. The van der Waals surface area contributed by atoms with Gasteiger partial charge in [0.1, 0.15) is 0 Å². The molecular weight excluding hydrogens is 255 g/mol. The SMILES string of the molecule is N[C@@H](Cc1c[nH]c2ccccc12)C(O)=[Se]. The van der Waals surface area contributed by atoms with Gasteiger partial charge in [0.2, 0.25) is 0 Å². The Labute approximate surface area is 95.7 Å². The molecule has 0 radical (unpaired) electrons. The third-order valence-electron chi connectivity index (χ3n) is 2.43. The maximum atomic E-state index is 9.22. The number of hydrogen-bond acceptors (Lipinski definition) is 2. The molecule has 0 fully saturated rings. The van der Waals surface area contributed by atoms with Crippen LogP contribution in [0.25, 0.3) is 10.9 Å². The molecule has 0 bridgehead atoms. The van der Waals surface area contributed by atoms with Crippen molar-refractivity contribution in [3.8, 4) is 0 Å². The number of aromatic nitrogens is 1. The van der Waals surface area contributed by atoms with Crippen LogP contribution >= 0.6 is 0 Å².